The van der Waals surface area contributed by atoms with Crippen LogP contribution in [0.1, 0.15) is 44.6 Å². The van der Waals surface area contributed by atoms with Crippen molar-refractivity contribution in [1.82, 2.24) is 9.97 Å². The van der Waals surface area contributed by atoms with Gasteiger partial charge < -0.3 is 5.73 Å². The minimum atomic E-state index is -2.95. The maximum absolute atomic E-state index is 11.6. The van der Waals surface area contributed by atoms with Crippen LogP contribution >= 0.6 is 15.9 Å². The number of aromatic nitrogens is 2. The second-order valence-corrected chi connectivity index (χ2v) is 9.00. The van der Waals surface area contributed by atoms with Crippen LogP contribution in [0.3, 0.4) is 0 Å². The standard InChI is InChI=1S/C12H18BrN3O2S/c1-12(2,3)9-8(13)10(14)16-11(15-9)7-4-5-19(17,18)6-7/h7H,4-6H2,1-3H3,(H2,14,15,16). The van der Waals surface area contributed by atoms with Crippen LogP contribution < -0.4 is 5.73 Å². The Morgan fingerprint density at radius 3 is 2.42 bits per heavy atom. The van der Waals surface area contributed by atoms with Gasteiger partial charge in [0.15, 0.2) is 9.84 Å². The fourth-order valence-corrected chi connectivity index (χ4v) is 4.67. The summed E-state index contributed by atoms with van der Waals surface area (Å²) in [5.41, 5.74) is 6.55. The fraction of sp³-hybridized carbons (Fsp3) is 0.667. The van der Waals surface area contributed by atoms with Crippen LogP contribution in [0.5, 0.6) is 0 Å². The number of anilines is 1. The zero-order chi connectivity index (χ0) is 14.4. The monoisotopic (exact) mass is 347 g/mol. The molecule has 1 saturated heterocycles. The first kappa shape index (κ1) is 14.7. The van der Waals surface area contributed by atoms with E-state index in [0.29, 0.717) is 22.5 Å². The number of hydrogen-bond donors (Lipinski definition) is 1. The summed E-state index contributed by atoms with van der Waals surface area (Å²) in [4.78, 5) is 8.80. The van der Waals surface area contributed by atoms with Crippen molar-refractivity contribution in [3.63, 3.8) is 0 Å². The van der Waals surface area contributed by atoms with Crippen molar-refractivity contribution in [2.75, 3.05) is 17.2 Å². The molecule has 0 saturated carbocycles. The second-order valence-electron chi connectivity index (χ2n) is 5.98. The van der Waals surface area contributed by atoms with Crippen LogP contribution in [-0.2, 0) is 15.3 Å². The molecule has 106 valence electrons. The molecule has 0 spiro atoms. The molecule has 2 rings (SSSR count). The van der Waals surface area contributed by atoms with E-state index in [1.807, 2.05) is 20.8 Å². The van der Waals surface area contributed by atoms with Crippen molar-refractivity contribution in [3.8, 4) is 0 Å². The molecular formula is C12H18BrN3O2S. The van der Waals surface area contributed by atoms with Crippen molar-refractivity contribution < 1.29 is 8.42 Å². The summed E-state index contributed by atoms with van der Waals surface area (Å²) in [5.74, 6) is 1.12. The number of nitrogens with zero attached hydrogens (tertiary/aromatic N) is 2. The normalized spacial score (nSPS) is 22.6. The van der Waals surface area contributed by atoms with Gasteiger partial charge in [-0.15, -0.1) is 0 Å². The van der Waals surface area contributed by atoms with Gasteiger partial charge in [-0.2, -0.15) is 0 Å². The highest BCUT2D eigenvalue weighted by atomic mass is 79.9. The van der Waals surface area contributed by atoms with Crippen LogP contribution in [0.25, 0.3) is 0 Å². The number of halogens is 1. The summed E-state index contributed by atoms with van der Waals surface area (Å²) in [6.45, 7) is 6.11. The molecule has 0 radical (unpaired) electrons. The van der Waals surface area contributed by atoms with Crippen LogP contribution in [-0.4, -0.2) is 29.9 Å². The SMILES string of the molecule is CC(C)(C)c1nc(C2CCS(=O)(=O)C2)nc(N)c1Br. The van der Waals surface area contributed by atoms with Crippen LogP contribution in [0, 0.1) is 0 Å². The third kappa shape index (κ3) is 3.08. The van der Waals surface area contributed by atoms with Crippen molar-refractivity contribution in [3.05, 3.63) is 16.0 Å². The summed E-state index contributed by atoms with van der Waals surface area (Å²) < 4.78 is 23.8. The van der Waals surface area contributed by atoms with Gasteiger partial charge >= 0.3 is 0 Å². The van der Waals surface area contributed by atoms with Crippen molar-refractivity contribution >= 4 is 31.6 Å². The van der Waals surface area contributed by atoms with Gasteiger partial charge in [-0.05, 0) is 22.4 Å². The van der Waals surface area contributed by atoms with Crippen LogP contribution in [0.2, 0.25) is 0 Å². The molecule has 2 heterocycles. The van der Waals surface area contributed by atoms with E-state index in [1.54, 1.807) is 0 Å². The first-order chi connectivity index (χ1) is 8.60. The highest BCUT2D eigenvalue weighted by molar-refractivity contribution is 9.10. The Labute approximate surface area is 122 Å². The Morgan fingerprint density at radius 1 is 1.32 bits per heavy atom. The number of sulfone groups is 1. The predicted molar refractivity (Wildman–Crippen MR) is 78.9 cm³/mol. The van der Waals surface area contributed by atoms with Gasteiger partial charge in [0, 0.05) is 11.3 Å². The molecule has 2 N–H and O–H groups in total. The third-order valence-electron chi connectivity index (χ3n) is 3.20. The molecule has 1 aliphatic rings. The quantitative estimate of drug-likeness (QED) is 0.839. The average molecular weight is 348 g/mol. The molecule has 1 atom stereocenters. The zero-order valence-electron chi connectivity index (χ0n) is 11.3. The van der Waals surface area contributed by atoms with Gasteiger partial charge in [0.2, 0.25) is 0 Å². The summed E-state index contributed by atoms with van der Waals surface area (Å²) in [6.07, 6.45) is 0.576. The van der Waals surface area contributed by atoms with E-state index in [1.165, 1.54) is 0 Å². The molecule has 1 aromatic heterocycles. The summed E-state index contributed by atoms with van der Waals surface area (Å²) in [7, 11) is -2.95. The van der Waals surface area contributed by atoms with Crippen LogP contribution in [0.15, 0.2) is 4.47 Å². The van der Waals surface area contributed by atoms with Gasteiger partial charge in [0.25, 0.3) is 0 Å². The highest BCUT2D eigenvalue weighted by Gasteiger charge is 2.32. The highest BCUT2D eigenvalue weighted by Crippen LogP contribution is 2.34. The van der Waals surface area contributed by atoms with E-state index in [4.69, 9.17) is 5.73 Å². The molecule has 0 aromatic carbocycles. The minimum Gasteiger partial charge on any atom is -0.383 e. The van der Waals surface area contributed by atoms with Gasteiger partial charge in [-0.25, -0.2) is 18.4 Å². The lowest BCUT2D eigenvalue weighted by Gasteiger charge is -2.21. The Balaban J connectivity index is 2.47. The third-order valence-corrected chi connectivity index (χ3v) is 5.75. The van der Waals surface area contributed by atoms with Crippen molar-refractivity contribution in [1.29, 1.82) is 0 Å². The lowest BCUT2D eigenvalue weighted by Crippen LogP contribution is -2.19. The summed E-state index contributed by atoms with van der Waals surface area (Å²) in [6, 6.07) is 0. The minimum absolute atomic E-state index is 0.123. The predicted octanol–water partition coefficient (Wildman–Crippen LogP) is 2.02. The van der Waals surface area contributed by atoms with Gasteiger partial charge in [0.05, 0.1) is 21.7 Å². The molecule has 0 aliphatic carbocycles. The lowest BCUT2D eigenvalue weighted by atomic mass is 9.91. The first-order valence-electron chi connectivity index (χ1n) is 6.14. The smallest absolute Gasteiger partial charge is 0.151 e. The summed E-state index contributed by atoms with van der Waals surface area (Å²) in [5, 5.41) is 0. The molecule has 1 aromatic rings. The molecule has 19 heavy (non-hydrogen) atoms. The van der Waals surface area contributed by atoms with Crippen LogP contribution in [0.4, 0.5) is 5.82 Å². The molecule has 1 aliphatic heterocycles. The fourth-order valence-electron chi connectivity index (χ4n) is 2.16. The second kappa shape index (κ2) is 4.70. The molecule has 7 heteroatoms. The van der Waals surface area contributed by atoms with E-state index in [0.717, 1.165) is 5.69 Å². The van der Waals surface area contributed by atoms with Crippen molar-refractivity contribution in [2.45, 2.75) is 38.5 Å². The van der Waals surface area contributed by atoms with E-state index in [2.05, 4.69) is 25.9 Å². The van der Waals surface area contributed by atoms with E-state index < -0.39 is 9.84 Å². The maximum atomic E-state index is 11.6. The largest absolute Gasteiger partial charge is 0.383 e. The van der Waals surface area contributed by atoms with Crippen molar-refractivity contribution in [2.24, 2.45) is 0 Å². The Bertz CT molecular complexity index is 608. The number of nitrogens with two attached hydrogens (primary N) is 1. The molecule has 1 fully saturated rings. The Hall–Kier alpha value is -0.690. The zero-order valence-corrected chi connectivity index (χ0v) is 13.7. The van der Waals surface area contributed by atoms with E-state index in [-0.39, 0.29) is 22.8 Å². The molecule has 0 amide bonds. The number of rotatable bonds is 1. The topological polar surface area (TPSA) is 85.9 Å². The van der Waals surface area contributed by atoms with E-state index in [9.17, 15) is 8.42 Å². The summed E-state index contributed by atoms with van der Waals surface area (Å²) >= 11 is 3.41. The van der Waals surface area contributed by atoms with Gasteiger partial charge in [-0.3, -0.25) is 0 Å². The first-order valence-corrected chi connectivity index (χ1v) is 8.75. The molecular weight excluding hydrogens is 330 g/mol. The van der Waals surface area contributed by atoms with Gasteiger partial charge in [0.1, 0.15) is 11.6 Å². The number of nitrogen functional groups attached to an aromatic ring is 1. The lowest BCUT2D eigenvalue weighted by molar-refractivity contribution is 0.553. The molecule has 0 bridgehead atoms. The molecule has 1 unspecified atom stereocenters. The Kier molecular flexibility index (Phi) is 3.64. The Morgan fingerprint density at radius 2 is 1.95 bits per heavy atom. The average Bonchev–Trinajstić information content (AvgIpc) is 2.61. The molecule has 5 nitrogen and oxygen atoms in total. The van der Waals surface area contributed by atoms with E-state index >= 15 is 0 Å². The maximum Gasteiger partial charge on any atom is 0.151 e. The van der Waals surface area contributed by atoms with Gasteiger partial charge in [-0.1, -0.05) is 20.8 Å². The number of hydrogen-bond acceptors (Lipinski definition) is 5.